The Hall–Kier alpha value is -14.6. The van der Waals surface area contributed by atoms with E-state index in [9.17, 15) is 93.4 Å². The Morgan fingerprint density at radius 1 is 0.441 bits per heavy atom. The first-order valence-corrected chi connectivity index (χ1v) is 46.0. The van der Waals surface area contributed by atoms with Gasteiger partial charge in [0.15, 0.2) is 0 Å². The van der Waals surface area contributed by atoms with E-state index in [-0.39, 0.29) is 44.3 Å². The Labute approximate surface area is 819 Å². The Balaban J connectivity index is 0.000000161. The normalized spacial score (nSPS) is 18.4. The van der Waals surface area contributed by atoms with Crippen LogP contribution in [0.4, 0.5) is 111 Å². The Morgan fingerprint density at radius 3 is 1.04 bits per heavy atom. The molecule has 6 atom stereocenters. The first-order chi connectivity index (χ1) is 68.7. The highest BCUT2D eigenvalue weighted by Crippen LogP contribution is 2.49. The summed E-state index contributed by atoms with van der Waals surface area (Å²) in [5, 5.41) is 6.89. The SMILES string of the molecule is COc1ccc(CCC2=NC=CC2)cc1-c1ccc(N2CCC2)nc1CN1C(=O)O[C@H](c2cc(C(F)(F)F)cc(C(F)(F)F)c2)[C@@H]1C.COc1ccc(CCc2n(C)cc[n+]2C)cc1-c1ccc(N2CCC2)nc1CN1C(=O)O[C@H](c2cc(C(F)(F)F)cc(C(F)(F)F)c2)[C@@H]1C.COc1ccc(Cc2ncc[nH]2)cc1-c1ccc(N2CCC2)nc1CN1C(=O)O[C@H](c2cc(C(F)(F)F)cc(C(F)(F)F)c2)[C@@H]1C.O=CO. The number of hydrogen-bond donors (Lipinski definition) is 2. The predicted octanol–water partition coefficient (Wildman–Crippen LogP) is 22.5. The number of cyclic esters (lactones) is 3. The van der Waals surface area contributed by atoms with Crippen LogP contribution in [0.5, 0.6) is 17.2 Å². The number of hydrogen-bond acceptors (Lipinski definition) is 18. The smallest absolute Gasteiger partial charge is 0.416 e. The highest BCUT2D eigenvalue weighted by molar-refractivity contribution is 5.88. The molecule has 6 saturated heterocycles. The molecule has 11 aromatic rings. The van der Waals surface area contributed by atoms with E-state index in [4.69, 9.17) is 53.3 Å². The van der Waals surface area contributed by atoms with Crippen LogP contribution in [0.2, 0.25) is 0 Å². The maximum absolute atomic E-state index is 13.6. The molecular formula is C102H99F18N14O11+. The van der Waals surface area contributed by atoms with Crippen molar-refractivity contribution in [1.29, 1.82) is 0 Å². The van der Waals surface area contributed by atoms with Crippen LogP contribution in [0.1, 0.15) is 167 Å². The molecule has 12 heterocycles. The molecule has 7 aliphatic rings. The maximum atomic E-state index is 13.6. The number of nitrogens with zero attached hydrogens (tertiary/aromatic N) is 13. The molecule has 3 amide bonds. The van der Waals surface area contributed by atoms with Crippen molar-refractivity contribution < 1.29 is 136 Å². The third-order valence-electron chi connectivity index (χ3n) is 26.3. The lowest BCUT2D eigenvalue weighted by atomic mass is 9.96. The van der Waals surface area contributed by atoms with Crippen LogP contribution in [0, 0.1) is 0 Å². The van der Waals surface area contributed by atoms with Crippen LogP contribution in [-0.2, 0) is 115 Å². The van der Waals surface area contributed by atoms with Crippen molar-refractivity contribution in [3.8, 4) is 50.6 Å². The van der Waals surface area contributed by atoms with Gasteiger partial charge in [-0.25, -0.2) is 43.5 Å². The van der Waals surface area contributed by atoms with Crippen LogP contribution in [-0.4, -0.2) is 158 Å². The molecule has 43 heteroatoms. The number of amides is 3. The Kier molecular flexibility index (Phi) is 30.9. The first kappa shape index (κ1) is 105. The largest absolute Gasteiger partial charge is 0.496 e. The van der Waals surface area contributed by atoms with Gasteiger partial charge in [-0.05, 0) is 220 Å². The molecule has 768 valence electrons. The number of aliphatic imine (C=N–C) groups is 1. The molecule has 6 fully saturated rings. The van der Waals surface area contributed by atoms with Crippen molar-refractivity contribution in [2.75, 3.05) is 75.3 Å². The summed E-state index contributed by atoms with van der Waals surface area (Å²) in [6, 6.07) is 29.7. The second kappa shape index (κ2) is 42.8. The van der Waals surface area contributed by atoms with Crippen LogP contribution in [0.25, 0.3) is 33.4 Å². The predicted molar refractivity (Wildman–Crippen MR) is 495 cm³/mol. The Bertz CT molecular complexity index is 6520. The monoisotopic (exact) mass is 2040 g/mol. The number of halogens is 18. The number of aryl methyl sites for hydroxylation is 4. The molecule has 2 N–H and O–H groups in total. The van der Waals surface area contributed by atoms with Gasteiger partial charge in [0.25, 0.3) is 12.3 Å². The van der Waals surface area contributed by atoms with Gasteiger partial charge in [0, 0.05) is 110 Å². The van der Waals surface area contributed by atoms with Gasteiger partial charge in [0.1, 0.15) is 71.2 Å². The summed E-state index contributed by atoms with van der Waals surface area (Å²) in [6.45, 7) is 8.84. The first-order valence-electron chi connectivity index (χ1n) is 46.0. The highest BCUT2D eigenvalue weighted by atomic mass is 19.4. The van der Waals surface area contributed by atoms with Crippen LogP contribution >= 0.6 is 0 Å². The number of carbonyl (C=O) groups excluding carboxylic acids is 3. The highest BCUT2D eigenvalue weighted by Gasteiger charge is 2.49. The zero-order valence-electron chi connectivity index (χ0n) is 79.2. The molecule has 0 spiro atoms. The fraction of sp³-hybridized carbons (Fsp3) is 0.373. The van der Waals surface area contributed by atoms with E-state index in [0.717, 1.165) is 136 Å². The minimum atomic E-state index is -5.04. The molecule has 7 aliphatic heterocycles. The number of nitrogens with one attached hydrogen (secondary N) is 1. The van der Waals surface area contributed by atoms with Gasteiger partial charge in [0.05, 0.1) is 130 Å². The second-order valence-corrected chi connectivity index (χ2v) is 35.7. The summed E-state index contributed by atoms with van der Waals surface area (Å²) in [4.78, 5) is 84.6. The average Bonchev–Trinajstić information content (AvgIpc) is 1.62. The van der Waals surface area contributed by atoms with Crippen molar-refractivity contribution in [1.82, 2.24) is 44.2 Å². The molecule has 18 rings (SSSR count). The molecule has 0 bridgehead atoms. The van der Waals surface area contributed by atoms with Crippen molar-refractivity contribution >= 4 is 47.9 Å². The van der Waals surface area contributed by atoms with E-state index in [2.05, 4.69) is 38.8 Å². The molecule has 145 heavy (non-hydrogen) atoms. The Morgan fingerprint density at radius 2 is 0.766 bits per heavy atom. The summed E-state index contributed by atoms with van der Waals surface area (Å²) in [5.74, 6) is 5.66. The zero-order chi connectivity index (χ0) is 104. The third-order valence-corrected chi connectivity index (χ3v) is 26.3. The molecular weight excluding hydrogens is 1940 g/mol. The second-order valence-electron chi connectivity index (χ2n) is 35.7. The number of rotatable bonds is 26. The van der Waals surface area contributed by atoms with E-state index in [1.807, 2.05) is 124 Å². The number of aromatic amines is 1. The van der Waals surface area contributed by atoms with Crippen LogP contribution in [0.15, 0.2) is 188 Å². The van der Waals surface area contributed by atoms with Crippen LogP contribution < -0.4 is 33.5 Å². The molecule has 6 aromatic carbocycles. The summed E-state index contributed by atoms with van der Waals surface area (Å²) >= 11 is 0. The lowest BCUT2D eigenvalue weighted by Gasteiger charge is -2.33. The number of ether oxygens (including phenoxy) is 6. The lowest BCUT2D eigenvalue weighted by molar-refractivity contribution is -0.678. The number of allylic oxidation sites excluding steroid dienone is 1. The van der Waals surface area contributed by atoms with E-state index >= 15 is 0 Å². The molecule has 25 nitrogen and oxygen atoms in total. The third kappa shape index (κ3) is 23.9. The summed E-state index contributed by atoms with van der Waals surface area (Å²) in [7, 11) is 8.61. The number of benzene rings is 6. The molecule has 0 aliphatic carbocycles. The number of pyridine rings is 3. The number of H-pyrrole nitrogens is 1. The number of imidazole rings is 2. The van der Waals surface area contributed by atoms with Crippen molar-refractivity contribution in [2.24, 2.45) is 19.1 Å². The van der Waals surface area contributed by atoms with Gasteiger partial charge in [-0.15, -0.1) is 0 Å². The van der Waals surface area contributed by atoms with E-state index < -0.39 is 142 Å². The van der Waals surface area contributed by atoms with Gasteiger partial charge < -0.3 is 53.2 Å². The van der Waals surface area contributed by atoms with Gasteiger partial charge in [-0.2, -0.15) is 79.0 Å². The van der Waals surface area contributed by atoms with Gasteiger partial charge >= 0.3 is 55.3 Å². The summed E-state index contributed by atoms with van der Waals surface area (Å²) < 4.78 is 283. The molecule has 0 radical (unpaired) electrons. The quantitative estimate of drug-likeness (QED) is 0.0221. The van der Waals surface area contributed by atoms with E-state index in [0.29, 0.717) is 117 Å². The maximum Gasteiger partial charge on any atom is 0.416 e. The standard InChI is InChI=1S/C35H36F6N5O3.C34H32F6N4O3.C32H29F6N5O3.CH2O2/c1-21-32(23-17-24(34(36,37)38)19-25(18-23)35(39,40)41)49-33(47)46(21)20-28-26(8-10-30(42-28)45-12-5-13-45)27-16-22(6-9-29(27)48-4)7-11-31-43(2)14-15-44(31)3;1-20-31(22-16-23(33(35,36)37)18-24(17-22)34(38,39)40)47-32(45)44(20)19-28-26(9-11-30(42-28)43-13-4-14-43)27-15-21(7-10-29(27)46-2)6-8-25-5-3-12-41-25;1-18-29(20-14-21(31(33,34)35)16-22(15-20)32(36,37)38)46-30(44)43(18)17-25-23(5-7-28(41-25)42-10-3-11-42)24-12-19(4-6-26(24)45-2)13-27-39-8-9-40-27;2-1-3/h6,8-10,14-19,21,32H,5,7,11-13,20H2,1-4H3;3,7,9-12,15-18,20,31H,4-6,8,13-14,19H2,1-2H3;4-9,12,14-16,18,29H,3,10-11,13,17H2,1-2H3,(H,39,40);1H,(H,2,3)/q+1;;;/t21-,32-;20-,31-;18-,29-;/m000./s1. The average molecular weight is 2040 g/mol. The molecule has 5 aromatic heterocycles. The number of carbonyl (C=O) groups is 4. The molecule has 0 saturated carbocycles. The number of methoxy groups -OCH3 is 3. The number of aromatic nitrogens is 7. The minimum absolute atomic E-state index is 0.0492. The van der Waals surface area contributed by atoms with Gasteiger partial charge in [-0.3, -0.25) is 24.5 Å². The summed E-state index contributed by atoms with van der Waals surface area (Å²) in [5.41, 5.74) is -0.389. The minimum Gasteiger partial charge on any atom is -0.496 e. The van der Waals surface area contributed by atoms with Crippen molar-refractivity contribution in [3.05, 3.63) is 278 Å². The van der Waals surface area contributed by atoms with Crippen molar-refractivity contribution in [3.63, 3.8) is 0 Å². The zero-order valence-corrected chi connectivity index (χ0v) is 79.2. The van der Waals surface area contributed by atoms with E-state index in [1.165, 1.54) is 42.6 Å². The number of carboxylic acid groups (broad SMARTS) is 1. The fourth-order valence-electron chi connectivity index (χ4n) is 18.1. The van der Waals surface area contributed by atoms with E-state index in [1.54, 1.807) is 32.8 Å². The van der Waals surface area contributed by atoms with Gasteiger partial charge in [0.2, 0.25) is 0 Å². The number of alkyl halides is 18. The fourth-order valence-corrected chi connectivity index (χ4v) is 18.1. The lowest BCUT2D eigenvalue weighted by Crippen LogP contribution is -2.38. The molecule has 0 unspecified atom stereocenters. The van der Waals surface area contributed by atoms with Crippen molar-refractivity contribution in [2.45, 2.75) is 172 Å². The van der Waals surface area contributed by atoms with Gasteiger partial charge in [-0.1, -0.05) is 24.3 Å². The summed E-state index contributed by atoms with van der Waals surface area (Å²) in [6.07, 6.45) is -18.5. The number of anilines is 3. The topological polar surface area (TPSA) is 252 Å². The van der Waals surface area contributed by atoms with Crippen LogP contribution in [0.3, 0.4) is 0 Å².